The summed E-state index contributed by atoms with van der Waals surface area (Å²) in [5, 5.41) is 11.3. The van der Waals surface area contributed by atoms with Gasteiger partial charge in [-0.05, 0) is 34.0 Å². The van der Waals surface area contributed by atoms with Crippen LogP contribution in [0.15, 0.2) is 54.6 Å². The average Bonchev–Trinajstić information content (AvgIpc) is 2.60. The number of Topliss-reactive ketones (excluding diaryl/α,β-unsaturated/α-hetero) is 1. The Morgan fingerprint density at radius 2 is 1.70 bits per heavy atom. The number of rotatable bonds is 4. The summed E-state index contributed by atoms with van der Waals surface area (Å²) >= 11 is 0. The molecule has 3 nitrogen and oxygen atoms in total. The maximum Gasteiger partial charge on any atom is 0.162 e. The van der Waals surface area contributed by atoms with E-state index < -0.39 is 0 Å². The fraction of sp³-hybridized carbons (Fsp3) is 0.100. The van der Waals surface area contributed by atoms with Crippen molar-refractivity contribution in [1.82, 2.24) is 0 Å². The first kappa shape index (κ1) is 15.0. The first-order chi connectivity index (χ1) is 11.1. The lowest BCUT2D eigenvalue weighted by molar-refractivity contribution is 0.0987. The van der Waals surface area contributed by atoms with E-state index in [1.165, 1.54) is 6.07 Å². The van der Waals surface area contributed by atoms with Crippen molar-refractivity contribution in [3.05, 3.63) is 65.7 Å². The standard InChI is InChI=1S/C20H16O3/c1-2-19(22)14-5-3-13(4-6-14)15-7-9-17-16(11-15)8-10-20(23)18(17)12-21/h3-12,23H,2H2,1H3. The molecule has 114 valence electrons. The second-order valence-corrected chi connectivity index (χ2v) is 5.41. The highest BCUT2D eigenvalue weighted by atomic mass is 16.3. The summed E-state index contributed by atoms with van der Waals surface area (Å²) in [5.41, 5.74) is 3.01. The number of carbonyl (C=O) groups is 2. The lowest BCUT2D eigenvalue weighted by atomic mass is 9.97. The SMILES string of the molecule is CCC(=O)c1ccc(-c2ccc3c(C=O)c(O)ccc3c2)cc1. The molecule has 0 spiro atoms. The van der Waals surface area contributed by atoms with E-state index in [4.69, 9.17) is 0 Å². The lowest BCUT2D eigenvalue weighted by Gasteiger charge is -2.08. The fourth-order valence-electron chi connectivity index (χ4n) is 2.70. The van der Waals surface area contributed by atoms with Gasteiger partial charge in [0.25, 0.3) is 0 Å². The van der Waals surface area contributed by atoms with Crippen LogP contribution in [0.25, 0.3) is 21.9 Å². The van der Waals surface area contributed by atoms with Crippen LogP contribution in [0.1, 0.15) is 34.1 Å². The molecule has 0 atom stereocenters. The van der Waals surface area contributed by atoms with E-state index >= 15 is 0 Å². The quantitative estimate of drug-likeness (QED) is 0.565. The van der Waals surface area contributed by atoms with E-state index in [1.807, 2.05) is 49.4 Å². The summed E-state index contributed by atoms with van der Waals surface area (Å²) in [6.07, 6.45) is 1.16. The maximum absolute atomic E-state index is 11.7. The molecule has 0 unspecified atom stereocenters. The van der Waals surface area contributed by atoms with Crippen molar-refractivity contribution >= 4 is 22.8 Å². The number of phenolic OH excluding ortho intramolecular Hbond substituents is 1. The minimum absolute atomic E-state index is 0.0114. The Kier molecular flexibility index (Phi) is 3.94. The molecule has 0 aliphatic carbocycles. The number of aromatic hydroxyl groups is 1. The van der Waals surface area contributed by atoms with Crippen LogP contribution in [0, 0.1) is 0 Å². The number of phenols is 1. The van der Waals surface area contributed by atoms with Gasteiger partial charge in [0.15, 0.2) is 12.1 Å². The molecule has 0 fully saturated rings. The third kappa shape index (κ3) is 2.73. The predicted molar refractivity (Wildman–Crippen MR) is 91.1 cm³/mol. The van der Waals surface area contributed by atoms with Crippen molar-refractivity contribution < 1.29 is 14.7 Å². The van der Waals surface area contributed by atoms with Gasteiger partial charge < -0.3 is 5.11 Å². The monoisotopic (exact) mass is 304 g/mol. The first-order valence-electron chi connectivity index (χ1n) is 7.48. The van der Waals surface area contributed by atoms with E-state index in [2.05, 4.69) is 0 Å². The molecule has 3 rings (SSSR count). The van der Waals surface area contributed by atoms with Crippen molar-refractivity contribution in [2.75, 3.05) is 0 Å². The predicted octanol–water partition coefficient (Wildman–Crippen LogP) is 4.62. The van der Waals surface area contributed by atoms with E-state index in [1.54, 1.807) is 6.07 Å². The van der Waals surface area contributed by atoms with Gasteiger partial charge >= 0.3 is 0 Å². The Balaban J connectivity index is 2.05. The smallest absolute Gasteiger partial charge is 0.162 e. The molecule has 0 bridgehead atoms. The van der Waals surface area contributed by atoms with Crippen LogP contribution in [0.3, 0.4) is 0 Å². The number of aldehydes is 1. The van der Waals surface area contributed by atoms with E-state index in [0.29, 0.717) is 23.8 Å². The molecule has 3 aromatic carbocycles. The molecule has 23 heavy (non-hydrogen) atoms. The van der Waals surface area contributed by atoms with E-state index in [-0.39, 0.29) is 11.5 Å². The van der Waals surface area contributed by atoms with Crippen molar-refractivity contribution in [3.8, 4) is 16.9 Å². The summed E-state index contributed by atoms with van der Waals surface area (Å²) in [5.74, 6) is 0.115. The molecule has 1 N–H and O–H groups in total. The van der Waals surface area contributed by atoms with Crippen molar-refractivity contribution in [1.29, 1.82) is 0 Å². The normalized spacial score (nSPS) is 10.7. The minimum Gasteiger partial charge on any atom is -0.507 e. The highest BCUT2D eigenvalue weighted by molar-refractivity contribution is 6.02. The third-order valence-corrected chi connectivity index (χ3v) is 4.02. The van der Waals surface area contributed by atoms with Crippen LogP contribution in [0.5, 0.6) is 5.75 Å². The molecular formula is C20H16O3. The summed E-state index contributed by atoms with van der Waals surface area (Å²) in [7, 11) is 0. The molecule has 0 aliphatic heterocycles. The molecule has 3 heteroatoms. The molecule has 0 aliphatic rings. The average molecular weight is 304 g/mol. The summed E-state index contributed by atoms with van der Waals surface area (Å²) in [6, 6.07) is 16.5. The van der Waals surface area contributed by atoms with Gasteiger partial charge in [0.05, 0.1) is 5.56 Å². The Morgan fingerprint density at radius 3 is 2.35 bits per heavy atom. The van der Waals surface area contributed by atoms with Gasteiger partial charge in [-0.25, -0.2) is 0 Å². The van der Waals surface area contributed by atoms with Gasteiger partial charge in [-0.1, -0.05) is 49.4 Å². The van der Waals surface area contributed by atoms with Gasteiger partial charge in [-0.3, -0.25) is 9.59 Å². The number of ketones is 1. The fourth-order valence-corrected chi connectivity index (χ4v) is 2.70. The third-order valence-electron chi connectivity index (χ3n) is 4.02. The Bertz CT molecular complexity index is 893. The molecule has 0 radical (unpaired) electrons. The molecule has 0 saturated carbocycles. The number of carbonyl (C=O) groups excluding carboxylic acids is 2. The highest BCUT2D eigenvalue weighted by Gasteiger charge is 2.08. The first-order valence-corrected chi connectivity index (χ1v) is 7.48. The van der Waals surface area contributed by atoms with Crippen LogP contribution in [-0.4, -0.2) is 17.2 Å². The summed E-state index contributed by atoms with van der Waals surface area (Å²) in [6.45, 7) is 1.85. The van der Waals surface area contributed by atoms with Gasteiger partial charge in [-0.2, -0.15) is 0 Å². The van der Waals surface area contributed by atoms with Crippen LogP contribution < -0.4 is 0 Å². The zero-order valence-electron chi connectivity index (χ0n) is 12.7. The zero-order valence-corrected chi connectivity index (χ0v) is 12.7. The number of hydrogen-bond donors (Lipinski definition) is 1. The second-order valence-electron chi connectivity index (χ2n) is 5.41. The number of fused-ring (bicyclic) bond motifs is 1. The van der Waals surface area contributed by atoms with Crippen molar-refractivity contribution in [3.63, 3.8) is 0 Å². The van der Waals surface area contributed by atoms with Gasteiger partial charge in [0.2, 0.25) is 0 Å². The molecule has 0 aromatic heterocycles. The van der Waals surface area contributed by atoms with Crippen molar-refractivity contribution in [2.45, 2.75) is 13.3 Å². The van der Waals surface area contributed by atoms with Gasteiger partial charge in [0.1, 0.15) is 5.75 Å². The van der Waals surface area contributed by atoms with Gasteiger partial charge in [-0.15, -0.1) is 0 Å². The van der Waals surface area contributed by atoms with E-state index in [0.717, 1.165) is 21.9 Å². The van der Waals surface area contributed by atoms with Crippen LogP contribution >= 0.6 is 0 Å². The van der Waals surface area contributed by atoms with Crippen LogP contribution in [0.4, 0.5) is 0 Å². The van der Waals surface area contributed by atoms with Crippen LogP contribution in [-0.2, 0) is 0 Å². The largest absolute Gasteiger partial charge is 0.507 e. The molecule has 0 saturated heterocycles. The molecular weight excluding hydrogens is 288 g/mol. The highest BCUT2D eigenvalue weighted by Crippen LogP contribution is 2.30. The van der Waals surface area contributed by atoms with E-state index in [9.17, 15) is 14.7 Å². The summed E-state index contributed by atoms with van der Waals surface area (Å²) in [4.78, 5) is 22.8. The summed E-state index contributed by atoms with van der Waals surface area (Å²) < 4.78 is 0. The Morgan fingerprint density at radius 1 is 1.00 bits per heavy atom. The molecule has 3 aromatic rings. The van der Waals surface area contributed by atoms with Crippen molar-refractivity contribution in [2.24, 2.45) is 0 Å². The lowest BCUT2D eigenvalue weighted by Crippen LogP contribution is -1.95. The molecule has 0 amide bonds. The molecule has 0 heterocycles. The minimum atomic E-state index is -0.0114. The van der Waals surface area contributed by atoms with Crippen LogP contribution in [0.2, 0.25) is 0 Å². The zero-order chi connectivity index (χ0) is 16.4. The number of hydrogen-bond acceptors (Lipinski definition) is 3. The Labute approximate surface area is 134 Å². The van der Waals surface area contributed by atoms with Gasteiger partial charge in [0, 0.05) is 12.0 Å². The second kappa shape index (κ2) is 6.05. The Hall–Kier alpha value is -2.94. The topological polar surface area (TPSA) is 54.4 Å². The number of benzene rings is 3. The maximum atomic E-state index is 11.7.